The van der Waals surface area contributed by atoms with Gasteiger partial charge in [0.1, 0.15) is 5.82 Å². The molecule has 1 aliphatic heterocycles. The quantitative estimate of drug-likeness (QED) is 0.862. The monoisotopic (exact) mass is 249 g/mol. The molecular formula is C14H23N3O. The topological polar surface area (TPSA) is 39.6 Å². The maximum absolute atomic E-state index is 9.00. The molecule has 4 heteroatoms. The van der Waals surface area contributed by atoms with Crippen molar-refractivity contribution in [2.24, 2.45) is 0 Å². The summed E-state index contributed by atoms with van der Waals surface area (Å²) in [7, 11) is 0. The summed E-state index contributed by atoms with van der Waals surface area (Å²) in [5.74, 6) is 1.01. The molecule has 4 nitrogen and oxygen atoms in total. The third-order valence-corrected chi connectivity index (χ3v) is 3.54. The van der Waals surface area contributed by atoms with Crippen molar-refractivity contribution in [3.8, 4) is 0 Å². The Morgan fingerprint density at radius 3 is 2.28 bits per heavy atom. The van der Waals surface area contributed by atoms with Gasteiger partial charge in [-0.3, -0.25) is 4.90 Å². The van der Waals surface area contributed by atoms with Crippen LogP contribution in [0.3, 0.4) is 0 Å². The molecule has 0 saturated carbocycles. The number of hydrogen-bond acceptors (Lipinski definition) is 4. The SMILES string of the molecule is CC(C)(C)N1CCN(c2ccc(CO)cn2)CC1. The van der Waals surface area contributed by atoms with Crippen molar-refractivity contribution in [1.82, 2.24) is 9.88 Å². The number of rotatable bonds is 2. The highest BCUT2D eigenvalue weighted by atomic mass is 16.3. The fourth-order valence-electron chi connectivity index (χ4n) is 2.30. The summed E-state index contributed by atoms with van der Waals surface area (Å²) in [4.78, 5) is 9.22. The minimum absolute atomic E-state index is 0.0606. The van der Waals surface area contributed by atoms with Gasteiger partial charge in [0.25, 0.3) is 0 Å². The number of pyridine rings is 1. The number of aliphatic hydroxyl groups excluding tert-OH is 1. The number of piperazine rings is 1. The molecule has 0 aliphatic carbocycles. The van der Waals surface area contributed by atoms with E-state index in [9.17, 15) is 0 Å². The van der Waals surface area contributed by atoms with Gasteiger partial charge in [-0.15, -0.1) is 0 Å². The normalized spacial score (nSPS) is 18.1. The molecule has 1 saturated heterocycles. The number of anilines is 1. The maximum Gasteiger partial charge on any atom is 0.128 e. The van der Waals surface area contributed by atoms with Crippen molar-refractivity contribution >= 4 is 5.82 Å². The van der Waals surface area contributed by atoms with Crippen LogP contribution in [-0.4, -0.2) is 46.7 Å². The van der Waals surface area contributed by atoms with E-state index in [0.717, 1.165) is 37.6 Å². The van der Waals surface area contributed by atoms with Gasteiger partial charge in [-0.25, -0.2) is 4.98 Å². The van der Waals surface area contributed by atoms with Crippen LogP contribution < -0.4 is 4.90 Å². The Morgan fingerprint density at radius 2 is 1.83 bits per heavy atom. The zero-order chi connectivity index (χ0) is 13.2. The fourth-order valence-corrected chi connectivity index (χ4v) is 2.30. The first-order chi connectivity index (χ1) is 8.50. The summed E-state index contributed by atoms with van der Waals surface area (Å²) in [6.45, 7) is 11.0. The summed E-state index contributed by atoms with van der Waals surface area (Å²) in [5, 5.41) is 9.00. The zero-order valence-electron chi connectivity index (χ0n) is 11.6. The third kappa shape index (κ3) is 3.00. The van der Waals surface area contributed by atoms with Crippen molar-refractivity contribution in [3.05, 3.63) is 23.9 Å². The van der Waals surface area contributed by atoms with Crippen LogP contribution in [0.5, 0.6) is 0 Å². The molecule has 0 radical (unpaired) electrons. The lowest BCUT2D eigenvalue weighted by atomic mass is 10.1. The second kappa shape index (κ2) is 5.24. The molecule has 2 rings (SSSR count). The van der Waals surface area contributed by atoms with Gasteiger partial charge in [-0.05, 0) is 32.4 Å². The van der Waals surface area contributed by atoms with Crippen molar-refractivity contribution in [3.63, 3.8) is 0 Å². The van der Waals surface area contributed by atoms with Crippen molar-refractivity contribution in [2.45, 2.75) is 32.9 Å². The highest BCUT2D eigenvalue weighted by Gasteiger charge is 2.26. The minimum atomic E-state index is 0.0606. The minimum Gasteiger partial charge on any atom is -0.392 e. The zero-order valence-corrected chi connectivity index (χ0v) is 11.6. The van der Waals surface area contributed by atoms with Crippen LogP contribution in [0.2, 0.25) is 0 Å². The van der Waals surface area contributed by atoms with Crippen LogP contribution in [0.4, 0.5) is 5.82 Å². The molecule has 0 spiro atoms. The Bertz CT molecular complexity index is 375. The molecule has 1 fully saturated rings. The Hall–Kier alpha value is -1.13. The first-order valence-corrected chi connectivity index (χ1v) is 6.56. The number of nitrogens with zero attached hydrogens (tertiary/aromatic N) is 3. The van der Waals surface area contributed by atoms with Crippen LogP contribution in [0, 0.1) is 0 Å². The van der Waals surface area contributed by atoms with Gasteiger partial charge in [-0.2, -0.15) is 0 Å². The second-order valence-corrected chi connectivity index (χ2v) is 5.83. The fraction of sp³-hybridized carbons (Fsp3) is 0.643. The van der Waals surface area contributed by atoms with E-state index in [2.05, 4.69) is 35.6 Å². The van der Waals surface area contributed by atoms with Crippen LogP contribution in [0.25, 0.3) is 0 Å². The smallest absolute Gasteiger partial charge is 0.128 e. The van der Waals surface area contributed by atoms with Crippen molar-refractivity contribution in [1.29, 1.82) is 0 Å². The van der Waals surface area contributed by atoms with E-state index in [0.29, 0.717) is 0 Å². The molecule has 0 bridgehead atoms. The van der Waals surface area contributed by atoms with Crippen LogP contribution in [-0.2, 0) is 6.61 Å². The lowest BCUT2D eigenvalue weighted by Gasteiger charge is -2.42. The maximum atomic E-state index is 9.00. The Kier molecular flexibility index (Phi) is 3.88. The van der Waals surface area contributed by atoms with E-state index in [1.54, 1.807) is 6.20 Å². The molecule has 0 atom stereocenters. The molecular weight excluding hydrogens is 226 g/mol. The van der Waals surface area contributed by atoms with Gasteiger partial charge in [0, 0.05) is 37.9 Å². The van der Waals surface area contributed by atoms with Gasteiger partial charge in [-0.1, -0.05) is 6.07 Å². The van der Waals surface area contributed by atoms with E-state index in [1.807, 2.05) is 12.1 Å². The summed E-state index contributed by atoms with van der Waals surface area (Å²) in [6, 6.07) is 3.94. The van der Waals surface area contributed by atoms with Gasteiger partial charge in [0.05, 0.1) is 6.61 Å². The molecule has 1 aliphatic rings. The first kappa shape index (κ1) is 13.3. The van der Waals surface area contributed by atoms with Crippen LogP contribution >= 0.6 is 0 Å². The molecule has 1 aromatic heterocycles. The molecule has 18 heavy (non-hydrogen) atoms. The molecule has 100 valence electrons. The van der Waals surface area contributed by atoms with Gasteiger partial charge in [0.2, 0.25) is 0 Å². The number of aliphatic hydroxyl groups is 1. The molecule has 1 N–H and O–H groups in total. The molecule has 1 aromatic rings. The van der Waals surface area contributed by atoms with Crippen LogP contribution in [0.1, 0.15) is 26.3 Å². The number of hydrogen-bond donors (Lipinski definition) is 1. The predicted octanol–water partition coefficient (Wildman–Crippen LogP) is 1.49. The summed E-state index contributed by atoms with van der Waals surface area (Å²) >= 11 is 0. The van der Waals surface area contributed by atoms with Crippen molar-refractivity contribution in [2.75, 3.05) is 31.1 Å². The first-order valence-electron chi connectivity index (χ1n) is 6.56. The van der Waals surface area contributed by atoms with Crippen molar-refractivity contribution < 1.29 is 5.11 Å². The van der Waals surface area contributed by atoms with E-state index in [1.165, 1.54) is 0 Å². The molecule has 0 unspecified atom stereocenters. The Balaban J connectivity index is 1.96. The lowest BCUT2D eigenvalue weighted by molar-refractivity contribution is 0.128. The van der Waals surface area contributed by atoms with Crippen LogP contribution in [0.15, 0.2) is 18.3 Å². The predicted molar refractivity (Wildman–Crippen MR) is 73.7 cm³/mol. The Morgan fingerprint density at radius 1 is 1.17 bits per heavy atom. The van der Waals surface area contributed by atoms with Gasteiger partial charge >= 0.3 is 0 Å². The van der Waals surface area contributed by atoms with E-state index in [4.69, 9.17) is 5.11 Å². The summed E-state index contributed by atoms with van der Waals surface area (Å²) in [5.41, 5.74) is 1.12. The largest absolute Gasteiger partial charge is 0.392 e. The molecule has 0 aromatic carbocycles. The van der Waals surface area contributed by atoms with E-state index in [-0.39, 0.29) is 12.1 Å². The summed E-state index contributed by atoms with van der Waals surface area (Å²) in [6.07, 6.45) is 1.76. The van der Waals surface area contributed by atoms with E-state index >= 15 is 0 Å². The lowest BCUT2D eigenvalue weighted by Crippen LogP contribution is -2.53. The van der Waals surface area contributed by atoms with Gasteiger partial charge < -0.3 is 10.0 Å². The second-order valence-electron chi connectivity index (χ2n) is 5.83. The standard InChI is InChI=1S/C14H23N3O/c1-14(2,3)17-8-6-16(7-9-17)13-5-4-12(11-18)10-15-13/h4-5,10,18H,6-9,11H2,1-3H3. The Labute approximate surface area is 109 Å². The third-order valence-electron chi connectivity index (χ3n) is 3.54. The average Bonchev–Trinajstić information content (AvgIpc) is 2.38. The summed E-state index contributed by atoms with van der Waals surface area (Å²) < 4.78 is 0. The number of aromatic nitrogens is 1. The molecule has 0 amide bonds. The highest BCUT2D eigenvalue weighted by Crippen LogP contribution is 2.19. The highest BCUT2D eigenvalue weighted by molar-refractivity contribution is 5.39. The molecule has 2 heterocycles. The average molecular weight is 249 g/mol. The van der Waals surface area contributed by atoms with E-state index < -0.39 is 0 Å². The van der Waals surface area contributed by atoms with Gasteiger partial charge in [0.15, 0.2) is 0 Å².